The predicted molar refractivity (Wildman–Crippen MR) is 47.3 cm³/mol. The highest BCUT2D eigenvalue weighted by Crippen LogP contribution is 2.56. The number of epoxide rings is 1. The van der Waals surface area contributed by atoms with Crippen molar-refractivity contribution in [2.24, 2.45) is 0 Å². The molecule has 0 bridgehead atoms. The van der Waals surface area contributed by atoms with Crippen LogP contribution in [0, 0.1) is 0 Å². The second kappa shape index (κ2) is 2.24. The molecule has 0 N–H and O–H groups in total. The SMILES string of the molecule is ClC(Cl)=C(Cl)N1C2CC3OC3C21. The van der Waals surface area contributed by atoms with Crippen molar-refractivity contribution in [1.82, 2.24) is 4.90 Å². The number of ether oxygens (including phenoxy) is 1. The normalized spacial score (nSPS) is 46.8. The van der Waals surface area contributed by atoms with Crippen LogP contribution in [0.15, 0.2) is 9.65 Å². The van der Waals surface area contributed by atoms with E-state index in [1.165, 1.54) is 0 Å². The van der Waals surface area contributed by atoms with Crippen LogP contribution < -0.4 is 0 Å². The molecule has 1 aliphatic carbocycles. The molecular weight excluding hydrogens is 220 g/mol. The number of hydrogen-bond acceptors (Lipinski definition) is 2. The van der Waals surface area contributed by atoms with Gasteiger partial charge in [0.05, 0.1) is 18.2 Å². The molecule has 2 heterocycles. The van der Waals surface area contributed by atoms with E-state index in [2.05, 4.69) is 0 Å². The first-order valence-electron chi connectivity index (χ1n) is 3.84. The average Bonchev–Trinajstić information content (AvgIpc) is 2.88. The van der Waals surface area contributed by atoms with E-state index >= 15 is 0 Å². The summed E-state index contributed by atoms with van der Waals surface area (Å²) in [5, 5.41) is 0.474. The van der Waals surface area contributed by atoms with E-state index in [9.17, 15) is 0 Å². The fourth-order valence-electron chi connectivity index (χ4n) is 2.19. The monoisotopic (exact) mass is 225 g/mol. The Morgan fingerprint density at radius 2 is 2.08 bits per heavy atom. The highest BCUT2D eigenvalue weighted by atomic mass is 35.5. The predicted octanol–water partition coefficient (Wildman–Crippen LogP) is 2.05. The van der Waals surface area contributed by atoms with Gasteiger partial charge in [-0.15, -0.1) is 0 Å². The molecule has 12 heavy (non-hydrogen) atoms. The molecule has 4 unspecified atom stereocenters. The zero-order valence-electron chi connectivity index (χ0n) is 6.01. The molecule has 0 aromatic heterocycles. The Bertz CT molecular complexity index is 276. The Morgan fingerprint density at radius 1 is 1.33 bits per heavy atom. The second-order valence-corrected chi connectivity index (χ2v) is 4.70. The molecule has 2 saturated heterocycles. The maximum Gasteiger partial charge on any atom is 0.141 e. The van der Waals surface area contributed by atoms with Crippen LogP contribution in [0.1, 0.15) is 6.42 Å². The summed E-state index contributed by atoms with van der Waals surface area (Å²) in [6.07, 6.45) is 1.97. The molecule has 0 radical (unpaired) electrons. The molecule has 2 aliphatic heterocycles. The number of rotatable bonds is 1. The van der Waals surface area contributed by atoms with Gasteiger partial charge in [0.1, 0.15) is 15.8 Å². The van der Waals surface area contributed by atoms with Crippen LogP contribution in [-0.4, -0.2) is 29.2 Å². The minimum atomic E-state index is 0.156. The van der Waals surface area contributed by atoms with Crippen molar-refractivity contribution < 1.29 is 4.74 Å². The molecule has 5 heteroatoms. The van der Waals surface area contributed by atoms with Crippen molar-refractivity contribution >= 4 is 34.8 Å². The zero-order valence-corrected chi connectivity index (χ0v) is 8.27. The second-order valence-electron chi connectivity index (χ2n) is 3.39. The van der Waals surface area contributed by atoms with E-state index in [1.807, 2.05) is 4.90 Å². The Labute approximate surface area is 85.0 Å². The molecule has 1 saturated carbocycles. The molecule has 66 valence electrons. The molecule has 3 rings (SSSR count). The van der Waals surface area contributed by atoms with Gasteiger partial charge in [-0.2, -0.15) is 0 Å². The minimum absolute atomic E-state index is 0.156. The van der Waals surface area contributed by atoms with Crippen molar-refractivity contribution in [1.29, 1.82) is 0 Å². The van der Waals surface area contributed by atoms with Gasteiger partial charge in [0.15, 0.2) is 0 Å². The van der Waals surface area contributed by atoms with Gasteiger partial charge < -0.3 is 9.64 Å². The first-order valence-corrected chi connectivity index (χ1v) is 4.98. The third-order valence-corrected chi connectivity index (χ3v) is 3.73. The van der Waals surface area contributed by atoms with Crippen LogP contribution >= 0.6 is 34.8 Å². The number of fused-ring (bicyclic) bond motifs is 3. The topological polar surface area (TPSA) is 15.5 Å². The lowest BCUT2D eigenvalue weighted by Crippen LogP contribution is -2.08. The number of likely N-dealkylation sites (tertiary alicyclic amines) is 1. The standard InChI is InChI=1S/C7H6Cl3NO/c8-6(9)7(10)11-2-1-3-5(12-3)4(2)11/h2-5H,1H2. The van der Waals surface area contributed by atoms with E-state index in [0.717, 1.165) is 6.42 Å². The quantitative estimate of drug-likeness (QED) is 0.502. The molecule has 0 spiro atoms. The Kier molecular flexibility index (Phi) is 1.44. The molecule has 3 fully saturated rings. The zero-order chi connectivity index (χ0) is 8.46. The lowest BCUT2D eigenvalue weighted by atomic mass is 10.3. The third-order valence-electron chi connectivity index (χ3n) is 2.80. The summed E-state index contributed by atoms with van der Waals surface area (Å²) in [7, 11) is 0. The van der Waals surface area contributed by atoms with Gasteiger partial charge in [0.25, 0.3) is 0 Å². The Morgan fingerprint density at radius 3 is 2.58 bits per heavy atom. The van der Waals surface area contributed by atoms with E-state index in [-0.39, 0.29) is 4.49 Å². The van der Waals surface area contributed by atoms with Gasteiger partial charge in [-0.3, -0.25) is 0 Å². The molecular formula is C7H6Cl3NO. The van der Waals surface area contributed by atoms with Crippen LogP contribution in [-0.2, 0) is 4.74 Å². The third kappa shape index (κ3) is 0.869. The summed E-state index contributed by atoms with van der Waals surface area (Å²) in [5.74, 6) is 0. The van der Waals surface area contributed by atoms with Crippen molar-refractivity contribution in [2.45, 2.75) is 30.7 Å². The fourth-order valence-corrected chi connectivity index (χ4v) is 2.62. The fraction of sp³-hybridized carbons (Fsp3) is 0.714. The van der Waals surface area contributed by atoms with Crippen molar-refractivity contribution in [3.63, 3.8) is 0 Å². The summed E-state index contributed by atoms with van der Waals surface area (Å²) in [5.41, 5.74) is 0. The molecule has 0 aromatic rings. The van der Waals surface area contributed by atoms with Gasteiger partial charge >= 0.3 is 0 Å². The van der Waals surface area contributed by atoms with E-state index in [4.69, 9.17) is 39.5 Å². The molecule has 0 aromatic carbocycles. The van der Waals surface area contributed by atoms with Crippen molar-refractivity contribution in [3.8, 4) is 0 Å². The maximum absolute atomic E-state index is 5.89. The molecule has 2 nitrogen and oxygen atoms in total. The minimum Gasteiger partial charge on any atom is -0.367 e. The van der Waals surface area contributed by atoms with Gasteiger partial charge in [-0.25, -0.2) is 0 Å². The van der Waals surface area contributed by atoms with Crippen molar-refractivity contribution in [2.75, 3.05) is 0 Å². The average molecular weight is 226 g/mol. The van der Waals surface area contributed by atoms with Crippen LogP contribution in [0.25, 0.3) is 0 Å². The molecule has 4 atom stereocenters. The van der Waals surface area contributed by atoms with Gasteiger partial charge in [0, 0.05) is 0 Å². The van der Waals surface area contributed by atoms with Crippen LogP contribution in [0.2, 0.25) is 0 Å². The summed E-state index contributed by atoms with van der Waals surface area (Å²) in [6, 6.07) is 0.990. The van der Waals surface area contributed by atoms with Crippen LogP contribution in [0.3, 0.4) is 0 Å². The van der Waals surface area contributed by atoms with Gasteiger partial charge in [-0.1, -0.05) is 34.8 Å². The largest absolute Gasteiger partial charge is 0.367 e. The van der Waals surface area contributed by atoms with Crippen LogP contribution in [0.4, 0.5) is 0 Å². The summed E-state index contributed by atoms with van der Waals surface area (Å²) in [4.78, 5) is 2.03. The summed E-state index contributed by atoms with van der Waals surface area (Å²) < 4.78 is 5.51. The Hall–Kier alpha value is 0.370. The first kappa shape index (κ1) is 7.74. The molecule has 3 aliphatic rings. The number of piperidine rings is 1. The lowest BCUT2D eigenvalue weighted by Gasteiger charge is -2.04. The maximum atomic E-state index is 5.89. The Balaban J connectivity index is 1.79. The van der Waals surface area contributed by atoms with Crippen LogP contribution in [0.5, 0.6) is 0 Å². The smallest absolute Gasteiger partial charge is 0.141 e. The summed E-state index contributed by atoms with van der Waals surface area (Å²) >= 11 is 17.0. The lowest BCUT2D eigenvalue weighted by molar-refractivity contribution is 0.341. The molecule has 0 amide bonds. The number of nitrogens with zero attached hydrogens (tertiary/aromatic N) is 1. The van der Waals surface area contributed by atoms with E-state index in [1.54, 1.807) is 0 Å². The van der Waals surface area contributed by atoms with Gasteiger partial charge in [0.2, 0.25) is 0 Å². The number of halogens is 3. The summed E-state index contributed by atoms with van der Waals surface area (Å²) in [6.45, 7) is 0. The highest BCUT2D eigenvalue weighted by Gasteiger charge is 2.69. The first-order chi connectivity index (χ1) is 5.70. The highest BCUT2D eigenvalue weighted by molar-refractivity contribution is 6.59. The number of hydrogen-bond donors (Lipinski definition) is 0. The van der Waals surface area contributed by atoms with Crippen molar-refractivity contribution in [3.05, 3.63) is 9.65 Å². The van der Waals surface area contributed by atoms with Gasteiger partial charge in [-0.05, 0) is 6.42 Å². The van der Waals surface area contributed by atoms with E-state index < -0.39 is 0 Å². The van der Waals surface area contributed by atoms with E-state index in [0.29, 0.717) is 29.4 Å².